The molecule has 1 aromatic heterocycles. The zero-order valence-electron chi connectivity index (χ0n) is 11.7. The molecule has 2 aromatic rings. The lowest BCUT2D eigenvalue weighted by atomic mass is 10.2. The van der Waals surface area contributed by atoms with Crippen LogP contribution in [0.15, 0.2) is 28.6 Å². The van der Waals surface area contributed by atoms with Gasteiger partial charge in [-0.25, -0.2) is 0 Å². The second kappa shape index (κ2) is 7.96. The zero-order valence-corrected chi connectivity index (χ0v) is 13.3. The number of amides is 1. The topological polar surface area (TPSA) is 73.3 Å². The molecule has 6 nitrogen and oxygen atoms in total. The summed E-state index contributed by atoms with van der Waals surface area (Å²) in [6.07, 6.45) is 0. The smallest absolute Gasteiger partial charge is 0.252 e. The summed E-state index contributed by atoms with van der Waals surface area (Å²) in [5.74, 6) is 1.36. The van der Waals surface area contributed by atoms with Gasteiger partial charge < -0.3 is 9.47 Å². The number of hydrogen-bond donors (Lipinski definition) is 1. The maximum Gasteiger partial charge on any atom is 0.252 e. The largest absolute Gasteiger partial charge is 0.497 e. The van der Waals surface area contributed by atoms with Crippen molar-refractivity contribution in [3.63, 3.8) is 0 Å². The molecule has 21 heavy (non-hydrogen) atoms. The van der Waals surface area contributed by atoms with Gasteiger partial charge in [-0.2, -0.15) is 0 Å². The molecule has 0 aliphatic carbocycles. The Hall–Kier alpha value is -1.64. The van der Waals surface area contributed by atoms with Gasteiger partial charge in [0.05, 0.1) is 7.11 Å². The van der Waals surface area contributed by atoms with Crippen LogP contribution in [-0.2, 0) is 15.3 Å². The van der Waals surface area contributed by atoms with Gasteiger partial charge in [0.1, 0.15) is 12.4 Å². The van der Waals surface area contributed by atoms with Gasteiger partial charge in [-0.15, -0.1) is 10.2 Å². The second-order valence-corrected chi connectivity index (χ2v) is 6.19. The fraction of sp³-hybridized carbons (Fsp3) is 0.308. The Morgan fingerprint density at radius 2 is 2.24 bits per heavy atom. The number of aromatic nitrogens is 2. The van der Waals surface area contributed by atoms with Gasteiger partial charge in [-0.3, -0.25) is 10.1 Å². The number of rotatable bonds is 7. The number of thioether (sulfide) groups is 1. The highest BCUT2D eigenvalue weighted by Crippen LogP contribution is 2.29. The van der Waals surface area contributed by atoms with Crippen molar-refractivity contribution in [1.29, 1.82) is 0 Å². The third kappa shape index (κ3) is 5.00. The van der Waals surface area contributed by atoms with Crippen LogP contribution in [0, 0.1) is 0 Å². The molecule has 8 heteroatoms. The van der Waals surface area contributed by atoms with E-state index < -0.39 is 0 Å². The van der Waals surface area contributed by atoms with Crippen LogP contribution in [0.3, 0.4) is 0 Å². The fourth-order valence-corrected chi connectivity index (χ4v) is 3.22. The minimum atomic E-state index is -0.238. The summed E-state index contributed by atoms with van der Waals surface area (Å²) in [5.41, 5.74) is 1.14. The van der Waals surface area contributed by atoms with Crippen LogP contribution in [0.5, 0.6) is 5.75 Å². The highest BCUT2D eigenvalue weighted by Gasteiger charge is 2.08. The molecule has 0 fully saturated rings. The van der Waals surface area contributed by atoms with E-state index in [0.717, 1.165) is 21.4 Å². The Morgan fingerprint density at radius 3 is 3.00 bits per heavy atom. The molecular formula is C13H15N3O3S2. The third-order valence-electron chi connectivity index (χ3n) is 2.42. The van der Waals surface area contributed by atoms with Gasteiger partial charge in [0.15, 0.2) is 4.34 Å². The van der Waals surface area contributed by atoms with Crippen LogP contribution in [0.1, 0.15) is 5.56 Å². The van der Waals surface area contributed by atoms with E-state index >= 15 is 0 Å². The van der Waals surface area contributed by atoms with Crippen LogP contribution in [-0.4, -0.2) is 36.9 Å². The monoisotopic (exact) mass is 325 g/mol. The molecule has 1 aromatic carbocycles. The number of carbonyl (C=O) groups is 1. The van der Waals surface area contributed by atoms with Gasteiger partial charge in [-0.1, -0.05) is 35.2 Å². The van der Waals surface area contributed by atoms with Crippen molar-refractivity contribution in [3.8, 4) is 5.75 Å². The second-order valence-electron chi connectivity index (χ2n) is 3.99. The van der Waals surface area contributed by atoms with Gasteiger partial charge in [0, 0.05) is 12.9 Å². The van der Waals surface area contributed by atoms with Crippen molar-refractivity contribution in [2.45, 2.75) is 10.1 Å². The first-order chi connectivity index (χ1) is 10.2. The molecule has 0 radical (unpaired) electrons. The highest BCUT2D eigenvalue weighted by molar-refractivity contribution is 8.00. The maximum atomic E-state index is 11.4. The summed E-state index contributed by atoms with van der Waals surface area (Å²) in [6.45, 7) is 0.00582. The Labute approximate surface area is 130 Å². The van der Waals surface area contributed by atoms with E-state index in [1.54, 1.807) is 18.9 Å². The molecule has 0 unspecified atom stereocenters. The number of ether oxygens (including phenoxy) is 2. The highest BCUT2D eigenvalue weighted by atomic mass is 32.2. The molecule has 0 bridgehead atoms. The number of hydrogen-bond acceptors (Lipinski definition) is 7. The van der Waals surface area contributed by atoms with E-state index in [0.29, 0.717) is 5.13 Å². The number of benzene rings is 1. The number of nitrogens with zero attached hydrogens (tertiary/aromatic N) is 2. The van der Waals surface area contributed by atoms with E-state index in [2.05, 4.69) is 15.5 Å². The Balaban J connectivity index is 1.89. The van der Waals surface area contributed by atoms with Gasteiger partial charge >= 0.3 is 0 Å². The van der Waals surface area contributed by atoms with Crippen LogP contribution in [0.2, 0.25) is 0 Å². The predicted molar refractivity (Wildman–Crippen MR) is 83.0 cm³/mol. The summed E-state index contributed by atoms with van der Waals surface area (Å²) in [6, 6.07) is 7.86. The molecule has 1 amide bonds. The molecule has 2 rings (SSSR count). The summed E-state index contributed by atoms with van der Waals surface area (Å²) in [5, 5.41) is 11.1. The lowest BCUT2D eigenvalue weighted by Crippen LogP contribution is -2.16. The number of anilines is 1. The van der Waals surface area contributed by atoms with Crippen molar-refractivity contribution in [2.75, 3.05) is 26.1 Å². The first kappa shape index (κ1) is 15.7. The van der Waals surface area contributed by atoms with Crippen molar-refractivity contribution in [2.24, 2.45) is 0 Å². The lowest BCUT2D eigenvalue weighted by molar-refractivity contribution is -0.119. The Kier molecular flexibility index (Phi) is 5.97. The first-order valence-electron chi connectivity index (χ1n) is 6.09. The van der Waals surface area contributed by atoms with Crippen LogP contribution in [0.4, 0.5) is 5.13 Å². The van der Waals surface area contributed by atoms with E-state index in [1.165, 1.54) is 18.4 Å². The van der Waals surface area contributed by atoms with Gasteiger partial charge in [-0.05, 0) is 17.7 Å². The summed E-state index contributed by atoms with van der Waals surface area (Å²) in [4.78, 5) is 11.4. The minimum Gasteiger partial charge on any atom is -0.497 e. The predicted octanol–water partition coefficient (Wildman–Crippen LogP) is 2.42. The molecule has 0 saturated carbocycles. The fourth-order valence-electron chi connectivity index (χ4n) is 1.51. The zero-order chi connectivity index (χ0) is 15.1. The maximum absolute atomic E-state index is 11.4. The number of carbonyl (C=O) groups excluding carboxylic acids is 1. The SMILES string of the molecule is COCC(=O)Nc1nnc(SCc2cccc(OC)c2)s1. The van der Waals surface area contributed by atoms with Crippen LogP contribution < -0.4 is 10.1 Å². The minimum absolute atomic E-state index is 0.00582. The molecule has 0 saturated heterocycles. The van der Waals surface area contributed by atoms with Crippen LogP contribution >= 0.6 is 23.1 Å². The Bertz CT molecular complexity index is 604. The normalized spacial score (nSPS) is 10.4. The van der Waals surface area contributed by atoms with E-state index in [1.807, 2.05) is 24.3 Å². The number of nitrogens with one attached hydrogen (secondary N) is 1. The molecule has 112 valence electrons. The van der Waals surface area contributed by atoms with Crippen molar-refractivity contribution in [3.05, 3.63) is 29.8 Å². The van der Waals surface area contributed by atoms with Crippen molar-refractivity contribution >= 4 is 34.1 Å². The average Bonchev–Trinajstić information content (AvgIpc) is 2.93. The molecule has 0 spiro atoms. The average molecular weight is 325 g/mol. The molecule has 0 atom stereocenters. The molecular weight excluding hydrogens is 310 g/mol. The van der Waals surface area contributed by atoms with Crippen molar-refractivity contribution < 1.29 is 14.3 Å². The van der Waals surface area contributed by atoms with E-state index in [4.69, 9.17) is 9.47 Å². The van der Waals surface area contributed by atoms with E-state index in [9.17, 15) is 4.79 Å². The molecule has 1 heterocycles. The number of methoxy groups -OCH3 is 2. The summed E-state index contributed by atoms with van der Waals surface area (Å²) in [7, 11) is 3.11. The lowest BCUT2D eigenvalue weighted by Gasteiger charge is -2.02. The van der Waals surface area contributed by atoms with Gasteiger partial charge in [0.2, 0.25) is 5.13 Å². The van der Waals surface area contributed by atoms with Crippen LogP contribution in [0.25, 0.3) is 0 Å². The quantitative estimate of drug-likeness (QED) is 0.622. The third-order valence-corrected chi connectivity index (χ3v) is 4.47. The molecule has 1 N–H and O–H groups in total. The summed E-state index contributed by atoms with van der Waals surface area (Å²) >= 11 is 2.90. The van der Waals surface area contributed by atoms with Crippen molar-refractivity contribution in [1.82, 2.24) is 10.2 Å². The Morgan fingerprint density at radius 1 is 1.38 bits per heavy atom. The summed E-state index contributed by atoms with van der Waals surface area (Å²) < 4.78 is 10.7. The molecule has 0 aliphatic heterocycles. The standard InChI is InChI=1S/C13H15N3O3S2/c1-18-7-11(17)14-12-15-16-13(21-12)20-8-9-4-3-5-10(6-9)19-2/h3-6H,7-8H2,1-2H3,(H,14,15,17). The molecule has 0 aliphatic rings. The van der Waals surface area contributed by atoms with E-state index in [-0.39, 0.29) is 12.5 Å². The van der Waals surface area contributed by atoms with Gasteiger partial charge in [0.25, 0.3) is 5.91 Å². The first-order valence-corrected chi connectivity index (χ1v) is 7.89.